The summed E-state index contributed by atoms with van der Waals surface area (Å²) in [4.78, 5) is 38.4. The topological polar surface area (TPSA) is 95.0 Å². The summed E-state index contributed by atoms with van der Waals surface area (Å²) in [6.07, 6.45) is 5.94. The van der Waals surface area contributed by atoms with Gasteiger partial charge in [0, 0.05) is 56.4 Å². The van der Waals surface area contributed by atoms with Crippen LogP contribution >= 0.6 is 0 Å². The summed E-state index contributed by atoms with van der Waals surface area (Å²) in [6.45, 7) is 11.4. The molecule has 1 amide bonds. The van der Waals surface area contributed by atoms with Crippen molar-refractivity contribution in [1.29, 1.82) is 0 Å². The molecule has 1 saturated heterocycles. The van der Waals surface area contributed by atoms with Gasteiger partial charge in [-0.3, -0.25) is 9.59 Å². The van der Waals surface area contributed by atoms with E-state index in [9.17, 15) is 9.59 Å². The zero-order chi connectivity index (χ0) is 30.8. The highest BCUT2D eigenvalue weighted by molar-refractivity contribution is 6.00. The van der Waals surface area contributed by atoms with E-state index in [0.717, 1.165) is 66.2 Å². The first-order valence-electron chi connectivity index (χ1n) is 14.9. The zero-order valence-corrected chi connectivity index (χ0v) is 26.3. The Hall–Kier alpha value is -4.37. The van der Waals surface area contributed by atoms with E-state index < -0.39 is 0 Å². The molecular formula is C34H42N6O3. The molecular weight excluding hydrogens is 540 g/mol. The molecule has 0 atom stereocenters. The molecule has 1 aliphatic rings. The van der Waals surface area contributed by atoms with Crippen molar-refractivity contribution < 1.29 is 9.53 Å². The standard InChI is InChI=1S/C34H42N6O3/c1-8-39-14-10-24(11-15-39)22(3)32-23(4)27(33(41)36-20-28-30(43-7)17-21(2)37-34(28)42)19-29-26(12-16-40(29)32)25-9-13-35-31(18-25)38(5)6/h9,12-13,16-19H,8,10-11,14-15,20H2,1-7H3,(H,36,41)(H,37,42). The van der Waals surface area contributed by atoms with Crippen molar-refractivity contribution in [1.82, 2.24) is 24.6 Å². The van der Waals surface area contributed by atoms with E-state index in [-0.39, 0.29) is 18.0 Å². The number of methoxy groups -OCH3 is 1. The van der Waals surface area contributed by atoms with E-state index in [4.69, 9.17) is 4.74 Å². The lowest BCUT2D eigenvalue weighted by Gasteiger charge is -2.29. The minimum atomic E-state index is -0.271. The van der Waals surface area contributed by atoms with Gasteiger partial charge in [-0.05, 0) is 87.2 Å². The Labute approximate surface area is 253 Å². The number of anilines is 1. The fourth-order valence-corrected chi connectivity index (χ4v) is 6.09. The summed E-state index contributed by atoms with van der Waals surface area (Å²) in [6, 6.07) is 9.91. The number of likely N-dealkylation sites (tertiary alicyclic amines) is 1. The maximum atomic E-state index is 13.9. The maximum Gasteiger partial charge on any atom is 0.256 e. The number of H-pyrrole nitrogens is 1. The van der Waals surface area contributed by atoms with Gasteiger partial charge in [0.2, 0.25) is 0 Å². The highest BCUT2D eigenvalue weighted by Gasteiger charge is 2.23. The third-order valence-corrected chi connectivity index (χ3v) is 8.63. The number of ether oxygens (including phenoxy) is 1. The molecule has 0 saturated carbocycles. The molecule has 43 heavy (non-hydrogen) atoms. The third kappa shape index (κ3) is 5.95. The zero-order valence-electron chi connectivity index (χ0n) is 26.3. The Kier molecular flexibility index (Phi) is 8.73. The van der Waals surface area contributed by atoms with Crippen LogP contribution in [0.3, 0.4) is 0 Å². The van der Waals surface area contributed by atoms with Crippen molar-refractivity contribution in [2.45, 2.75) is 47.1 Å². The first-order chi connectivity index (χ1) is 20.6. The molecule has 5 rings (SSSR count). The predicted molar refractivity (Wildman–Crippen MR) is 173 cm³/mol. The molecule has 1 fully saturated rings. The van der Waals surface area contributed by atoms with Gasteiger partial charge in [-0.2, -0.15) is 0 Å². The lowest BCUT2D eigenvalue weighted by molar-refractivity contribution is 0.0950. The molecule has 4 aromatic rings. The summed E-state index contributed by atoms with van der Waals surface area (Å²) < 4.78 is 7.67. The minimum Gasteiger partial charge on any atom is -0.496 e. The SMILES string of the molecule is CCN1CCC(=C(C)c2c(C)c(C(=O)NCc3c(OC)cc(C)[nH]c3=O)cc3c(-c4ccnc(N(C)C)c4)ccn23)CC1. The first kappa shape index (κ1) is 30.1. The van der Waals surface area contributed by atoms with Crippen molar-refractivity contribution in [3.63, 3.8) is 0 Å². The second-order valence-electron chi connectivity index (χ2n) is 11.5. The van der Waals surface area contributed by atoms with Crippen molar-refractivity contribution in [2.24, 2.45) is 0 Å². The number of piperidine rings is 1. The quantitative estimate of drug-likeness (QED) is 0.297. The fraction of sp³-hybridized carbons (Fsp3) is 0.382. The van der Waals surface area contributed by atoms with Crippen LogP contribution in [-0.2, 0) is 6.54 Å². The molecule has 0 spiro atoms. The highest BCUT2D eigenvalue weighted by atomic mass is 16.5. The van der Waals surface area contributed by atoms with Crippen LogP contribution in [0.1, 0.15) is 59.6 Å². The van der Waals surface area contributed by atoms with Gasteiger partial charge in [-0.15, -0.1) is 0 Å². The Bertz CT molecular complexity index is 1750. The van der Waals surface area contributed by atoms with E-state index in [0.29, 0.717) is 22.6 Å². The van der Waals surface area contributed by atoms with Crippen molar-refractivity contribution in [3.8, 4) is 16.9 Å². The van der Waals surface area contributed by atoms with Gasteiger partial charge in [-0.25, -0.2) is 4.98 Å². The van der Waals surface area contributed by atoms with Crippen molar-refractivity contribution in [3.05, 3.63) is 86.7 Å². The molecule has 1 aliphatic heterocycles. The summed E-state index contributed by atoms with van der Waals surface area (Å²) >= 11 is 0. The number of rotatable bonds is 8. The normalized spacial score (nSPS) is 13.8. The van der Waals surface area contributed by atoms with Crippen molar-refractivity contribution >= 4 is 22.8 Å². The molecule has 0 radical (unpaired) electrons. The highest BCUT2D eigenvalue weighted by Crippen LogP contribution is 2.35. The second kappa shape index (κ2) is 12.5. The van der Waals surface area contributed by atoms with Gasteiger partial charge >= 0.3 is 0 Å². The molecule has 4 aromatic heterocycles. The molecule has 5 heterocycles. The summed E-state index contributed by atoms with van der Waals surface area (Å²) in [5, 5.41) is 3.00. The number of hydrogen-bond acceptors (Lipinski definition) is 6. The number of nitrogens with one attached hydrogen (secondary N) is 2. The van der Waals surface area contributed by atoms with Gasteiger partial charge in [0.25, 0.3) is 11.5 Å². The van der Waals surface area contributed by atoms with Crippen LogP contribution < -0.4 is 20.5 Å². The predicted octanol–water partition coefficient (Wildman–Crippen LogP) is 5.20. The van der Waals surface area contributed by atoms with Crippen LogP contribution in [0.25, 0.3) is 22.2 Å². The third-order valence-electron chi connectivity index (χ3n) is 8.63. The summed E-state index contributed by atoms with van der Waals surface area (Å²) in [7, 11) is 5.48. The molecule has 226 valence electrons. The number of amides is 1. The van der Waals surface area contributed by atoms with Gasteiger partial charge in [0.15, 0.2) is 0 Å². The van der Waals surface area contributed by atoms with Crippen LogP contribution in [-0.4, -0.2) is 66.0 Å². The van der Waals surface area contributed by atoms with Gasteiger partial charge in [0.1, 0.15) is 11.6 Å². The van der Waals surface area contributed by atoms with Gasteiger partial charge < -0.3 is 29.2 Å². The Morgan fingerprint density at radius 2 is 1.88 bits per heavy atom. The molecule has 0 aliphatic carbocycles. The molecule has 0 aromatic carbocycles. The van der Waals surface area contributed by atoms with E-state index in [1.165, 1.54) is 18.3 Å². The number of pyridine rings is 3. The monoisotopic (exact) mass is 582 g/mol. The second-order valence-corrected chi connectivity index (χ2v) is 11.5. The Balaban J connectivity index is 1.63. The number of aromatic nitrogens is 3. The van der Waals surface area contributed by atoms with Crippen LogP contribution in [0.4, 0.5) is 5.82 Å². The van der Waals surface area contributed by atoms with Gasteiger partial charge in [-0.1, -0.05) is 12.5 Å². The lowest BCUT2D eigenvalue weighted by Crippen LogP contribution is -2.30. The van der Waals surface area contributed by atoms with Crippen LogP contribution in [0.15, 0.2) is 53.1 Å². The number of hydrogen-bond donors (Lipinski definition) is 2. The van der Waals surface area contributed by atoms with E-state index >= 15 is 0 Å². The van der Waals surface area contributed by atoms with E-state index in [2.05, 4.69) is 56.8 Å². The average Bonchev–Trinajstić information content (AvgIpc) is 3.43. The number of carbonyl (C=O) groups is 1. The number of aryl methyl sites for hydroxylation is 1. The van der Waals surface area contributed by atoms with Crippen LogP contribution in [0.5, 0.6) is 5.75 Å². The molecule has 9 nitrogen and oxygen atoms in total. The number of carbonyl (C=O) groups excluding carboxylic acids is 1. The average molecular weight is 583 g/mol. The Morgan fingerprint density at radius 1 is 1.14 bits per heavy atom. The first-order valence-corrected chi connectivity index (χ1v) is 14.9. The number of nitrogens with zero attached hydrogens (tertiary/aromatic N) is 4. The number of aromatic amines is 1. The smallest absolute Gasteiger partial charge is 0.256 e. The maximum absolute atomic E-state index is 13.9. The van der Waals surface area contributed by atoms with E-state index in [1.807, 2.05) is 44.2 Å². The van der Waals surface area contributed by atoms with Crippen LogP contribution in [0.2, 0.25) is 0 Å². The van der Waals surface area contributed by atoms with Gasteiger partial charge in [0.05, 0.1) is 30.4 Å². The summed E-state index contributed by atoms with van der Waals surface area (Å²) in [5.74, 6) is 1.08. The molecule has 9 heteroatoms. The summed E-state index contributed by atoms with van der Waals surface area (Å²) in [5.41, 5.74) is 8.99. The van der Waals surface area contributed by atoms with Crippen molar-refractivity contribution in [2.75, 3.05) is 45.7 Å². The van der Waals surface area contributed by atoms with E-state index in [1.54, 1.807) is 13.0 Å². The molecule has 2 N–H and O–H groups in total. The fourth-order valence-electron chi connectivity index (χ4n) is 6.09. The molecule has 0 bridgehead atoms. The number of fused-ring (bicyclic) bond motifs is 1. The Morgan fingerprint density at radius 3 is 2.56 bits per heavy atom. The number of allylic oxidation sites excluding steroid dienone is 1. The minimum absolute atomic E-state index is 0.0505. The molecule has 0 unspecified atom stereocenters. The largest absolute Gasteiger partial charge is 0.496 e. The lowest BCUT2D eigenvalue weighted by atomic mass is 9.92. The van der Waals surface area contributed by atoms with Crippen LogP contribution in [0, 0.1) is 13.8 Å².